The molecule has 0 amide bonds. The van der Waals surface area contributed by atoms with Crippen LogP contribution in [0, 0.1) is 0 Å². The van der Waals surface area contributed by atoms with Gasteiger partial charge in [0, 0.05) is 0 Å². The van der Waals surface area contributed by atoms with E-state index in [4.69, 9.17) is 0 Å². The maximum absolute atomic E-state index is 2.67. The summed E-state index contributed by atoms with van der Waals surface area (Å²) < 4.78 is 0. The molecule has 0 atom stereocenters. The van der Waals surface area contributed by atoms with Gasteiger partial charge in [-0.15, -0.1) is 5.47 Å². The lowest BCUT2D eigenvalue weighted by atomic mass is 9.24. The van der Waals surface area contributed by atoms with Gasteiger partial charge in [-0.1, -0.05) is 93.8 Å². The minimum Gasteiger partial charge on any atom is -0.109 e. The molecule has 0 aliphatic carbocycles. The molecule has 0 aromatic heterocycles. The Balaban J connectivity index is 2.02. The van der Waals surface area contributed by atoms with Crippen molar-refractivity contribution in [2.75, 3.05) is 0 Å². The summed E-state index contributed by atoms with van der Waals surface area (Å²) in [5.41, 5.74) is 2.05. The van der Waals surface area contributed by atoms with Crippen molar-refractivity contribution in [3.8, 4) is 0 Å². The third-order valence-corrected chi connectivity index (χ3v) is 15.8. The molecule has 2 bridgehead atoms. The van der Waals surface area contributed by atoms with Crippen molar-refractivity contribution < 1.29 is 0 Å². The second kappa shape index (κ2) is 5.15. The summed E-state index contributed by atoms with van der Waals surface area (Å²) in [4.78, 5) is 2.12. The minimum atomic E-state index is -1.11. The van der Waals surface area contributed by atoms with Gasteiger partial charge in [-0.2, -0.15) is 0 Å². The molecule has 0 spiro atoms. The van der Waals surface area contributed by atoms with Gasteiger partial charge in [-0.05, 0) is 6.42 Å². The van der Waals surface area contributed by atoms with Crippen molar-refractivity contribution in [2.24, 2.45) is 0 Å². The molecular weight excluding hydrogens is 271 g/mol. The summed E-state index contributed by atoms with van der Waals surface area (Å²) >= 11 is 0. The van der Waals surface area contributed by atoms with Crippen molar-refractivity contribution >= 4 is 22.9 Å². The number of rotatable bonds is 2. The first-order chi connectivity index (χ1) is 9.31. The molecule has 0 N–H and O–H groups in total. The fourth-order valence-electron chi connectivity index (χ4n) is 6.21. The Morgan fingerprint density at radius 3 is 1.90 bits per heavy atom. The summed E-state index contributed by atoms with van der Waals surface area (Å²) in [7, 11) is -2.17. The molecule has 0 radical (unpaired) electrons. The Morgan fingerprint density at radius 2 is 1.45 bits per heavy atom. The molecular formula is C17H33BSi2. The predicted molar refractivity (Wildman–Crippen MR) is 98.2 cm³/mol. The lowest BCUT2D eigenvalue weighted by Crippen LogP contribution is -2.43. The van der Waals surface area contributed by atoms with E-state index in [0.717, 1.165) is 18.3 Å². The second-order valence-electron chi connectivity index (χ2n) is 9.44. The topological polar surface area (TPSA) is 0 Å². The van der Waals surface area contributed by atoms with Crippen molar-refractivity contribution in [3.05, 3.63) is 10.3 Å². The minimum absolute atomic E-state index is 1.04. The van der Waals surface area contributed by atoms with Crippen LogP contribution in [0.5, 0.6) is 0 Å². The highest BCUT2D eigenvalue weighted by molar-refractivity contribution is 7.07. The number of hydrogen-bond donors (Lipinski definition) is 0. The zero-order valence-corrected chi connectivity index (χ0v) is 16.4. The van der Waals surface area contributed by atoms with E-state index >= 15 is 0 Å². The number of fused-ring (bicyclic) bond motifs is 2. The quantitative estimate of drug-likeness (QED) is 0.553. The zero-order chi connectivity index (χ0) is 14.5. The summed E-state index contributed by atoms with van der Waals surface area (Å²) in [6.07, 6.45) is 10.7. The highest BCUT2D eigenvalue weighted by atomic mass is 28.4. The van der Waals surface area contributed by atoms with Crippen molar-refractivity contribution in [2.45, 2.75) is 95.4 Å². The normalized spacial score (nSPS) is 33.8. The van der Waals surface area contributed by atoms with E-state index in [1.807, 2.05) is 0 Å². The van der Waals surface area contributed by atoms with Gasteiger partial charge in [-0.3, -0.25) is 0 Å². The van der Waals surface area contributed by atoms with Crippen LogP contribution in [-0.4, -0.2) is 22.9 Å². The van der Waals surface area contributed by atoms with Gasteiger partial charge >= 0.3 is 0 Å². The molecule has 0 aromatic carbocycles. The highest BCUT2D eigenvalue weighted by Crippen LogP contribution is 2.53. The molecule has 20 heavy (non-hydrogen) atoms. The molecule has 3 aliphatic rings. The standard InChI is InChI=1S/C17H33BSi2/c1-19(2,3)17-16(12-13-20(17,4)5)18-14-8-6-9-15(18)11-7-10-14/h14-15H,6-13H2,1-5H3. The van der Waals surface area contributed by atoms with E-state index in [1.165, 1.54) is 19.3 Å². The summed E-state index contributed by atoms with van der Waals surface area (Å²) in [6.45, 7) is 14.3. The Bertz CT molecular complexity index is 397. The predicted octanol–water partition coefficient (Wildman–Crippen LogP) is 5.95. The Kier molecular flexibility index (Phi) is 3.90. The second-order valence-corrected chi connectivity index (χ2v) is 19.7. The average molecular weight is 304 g/mol. The SMILES string of the molecule is C[Si](C)(C)C1=C(B2C3CCCC2CCC3)CC[Si]1(C)C. The van der Waals surface area contributed by atoms with Crippen LogP contribution in [0.15, 0.2) is 10.3 Å². The molecule has 112 valence electrons. The van der Waals surface area contributed by atoms with E-state index in [-0.39, 0.29) is 0 Å². The van der Waals surface area contributed by atoms with Crippen LogP contribution >= 0.6 is 0 Å². The van der Waals surface area contributed by atoms with Gasteiger partial charge in [0.2, 0.25) is 0 Å². The third kappa shape index (κ3) is 2.54. The van der Waals surface area contributed by atoms with Crippen LogP contribution in [0.1, 0.15) is 44.9 Å². The summed E-state index contributed by atoms with van der Waals surface area (Å²) in [6, 6.07) is 1.57. The summed E-state index contributed by atoms with van der Waals surface area (Å²) in [5.74, 6) is 2.15. The molecule has 0 unspecified atom stereocenters. The molecule has 3 rings (SSSR count). The largest absolute Gasteiger partial charge is 0.175 e. The van der Waals surface area contributed by atoms with Gasteiger partial charge in [-0.25, -0.2) is 0 Å². The molecule has 0 aromatic rings. The average Bonchev–Trinajstić information content (AvgIpc) is 2.63. The Hall–Kier alpha value is 0.239. The van der Waals surface area contributed by atoms with Gasteiger partial charge in [0.05, 0.1) is 16.1 Å². The van der Waals surface area contributed by atoms with Gasteiger partial charge in [0.1, 0.15) is 0 Å². The number of allylic oxidation sites excluding steroid dienone is 1. The van der Waals surface area contributed by atoms with Crippen LogP contribution in [0.3, 0.4) is 0 Å². The van der Waals surface area contributed by atoms with Gasteiger partial charge < -0.3 is 0 Å². The van der Waals surface area contributed by atoms with E-state index in [2.05, 4.69) is 43.0 Å². The van der Waals surface area contributed by atoms with Gasteiger partial charge in [0.15, 0.2) is 6.71 Å². The number of hydrogen-bond acceptors (Lipinski definition) is 0. The molecule has 2 fully saturated rings. The smallest absolute Gasteiger partial charge is 0.109 e. The highest BCUT2D eigenvalue weighted by Gasteiger charge is 2.48. The maximum Gasteiger partial charge on any atom is 0.175 e. The first kappa shape index (κ1) is 15.1. The van der Waals surface area contributed by atoms with Crippen LogP contribution in [0.25, 0.3) is 0 Å². The molecule has 2 saturated heterocycles. The lowest BCUT2D eigenvalue weighted by Gasteiger charge is -2.43. The Labute approximate surface area is 128 Å². The molecule has 3 heterocycles. The first-order valence-electron chi connectivity index (χ1n) is 9.05. The third-order valence-electron chi connectivity index (χ3n) is 6.48. The molecule has 3 heteroatoms. The van der Waals surface area contributed by atoms with Crippen LogP contribution in [-0.2, 0) is 0 Å². The van der Waals surface area contributed by atoms with E-state index in [1.54, 1.807) is 31.7 Å². The molecule has 3 aliphatic heterocycles. The van der Waals surface area contributed by atoms with Crippen LogP contribution in [0.4, 0.5) is 0 Å². The van der Waals surface area contributed by atoms with E-state index in [9.17, 15) is 0 Å². The van der Waals surface area contributed by atoms with Gasteiger partial charge in [0.25, 0.3) is 0 Å². The van der Waals surface area contributed by atoms with Crippen molar-refractivity contribution in [3.63, 3.8) is 0 Å². The zero-order valence-electron chi connectivity index (χ0n) is 14.4. The van der Waals surface area contributed by atoms with Crippen molar-refractivity contribution in [1.29, 1.82) is 0 Å². The van der Waals surface area contributed by atoms with Crippen LogP contribution in [0.2, 0.25) is 50.4 Å². The Morgan fingerprint density at radius 1 is 0.950 bits per heavy atom. The van der Waals surface area contributed by atoms with E-state index in [0.29, 0.717) is 0 Å². The molecule has 0 saturated carbocycles. The first-order valence-corrected chi connectivity index (χ1v) is 15.8. The molecule has 0 nitrogen and oxygen atoms in total. The van der Waals surface area contributed by atoms with Crippen molar-refractivity contribution in [1.82, 2.24) is 0 Å². The van der Waals surface area contributed by atoms with E-state index < -0.39 is 16.1 Å². The lowest BCUT2D eigenvalue weighted by molar-refractivity contribution is 0.445. The summed E-state index contributed by atoms with van der Waals surface area (Å²) in [5, 5.41) is 0. The maximum atomic E-state index is 2.67. The monoisotopic (exact) mass is 304 g/mol. The fraction of sp³-hybridized carbons (Fsp3) is 0.882. The van der Waals surface area contributed by atoms with Crippen LogP contribution < -0.4 is 0 Å². The fourth-order valence-corrected chi connectivity index (χ4v) is 18.3.